The molecule has 0 bridgehead atoms. The molecule has 1 fully saturated rings. The SMILES string of the molecule is COc1cc(F)c(CCC(C)CCNC2CC2)cc1OC. The van der Waals surface area contributed by atoms with Crippen molar-refractivity contribution in [3.63, 3.8) is 0 Å². The number of halogens is 1. The summed E-state index contributed by atoms with van der Waals surface area (Å²) in [6.07, 6.45) is 5.51. The molecule has 0 saturated heterocycles. The Morgan fingerprint density at radius 3 is 2.48 bits per heavy atom. The van der Waals surface area contributed by atoms with E-state index < -0.39 is 0 Å². The topological polar surface area (TPSA) is 30.5 Å². The van der Waals surface area contributed by atoms with E-state index in [1.807, 2.05) is 0 Å². The summed E-state index contributed by atoms with van der Waals surface area (Å²) >= 11 is 0. The lowest BCUT2D eigenvalue weighted by atomic mass is 9.97. The molecule has 1 saturated carbocycles. The fraction of sp³-hybridized carbons (Fsp3) is 0.647. The number of hydrogen-bond acceptors (Lipinski definition) is 3. The molecule has 4 heteroatoms. The first kappa shape index (κ1) is 16.1. The minimum Gasteiger partial charge on any atom is -0.493 e. The average molecular weight is 295 g/mol. The molecule has 0 aliphatic heterocycles. The lowest BCUT2D eigenvalue weighted by Crippen LogP contribution is -2.19. The van der Waals surface area contributed by atoms with Gasteiger partial charge in [0.05, 0.1) is 14.2 Å². The smallest absolute Gasteiger partial charge is 0.163 e. The Morgan fingerprint density at radius 2 is 1.86 bits per heavy atom. The van der Waals surface area contributed by atoms with Crippen LogP contribution in [0.2, 0.25) is 0 Å². The molecule has 1 aliphatic rings. The van der Waals surface area contributed by atoms with E-state index in [1.54, 1.807) is 13.2 Å². The molecule has 1 N–H and O–H groups in total. The molecule has 1 atom stereocenters. The Labute approximate surface area is 126 Å². The van der Waals surface area contributed by atoms with Crippen molar-refractivity contribution >= 4 is 0 Å². The maximum Gasteiger partial charge on any atom is 0.163 e. The standard InChI is InChI=1S/C17H26FNO2/c1-12(8-9-19-14-6-7-14)4-5-13-10-16(20-2)17(21-3)11-15(13)18/h10-12,14,19H,4-9H2,1-3H3. The minimum absolute atomic E-state index is 0.212. The number of rotatable bonds is 9. The third-order valence-electron chi connectivity index (χ3n) is 4.11. The van der Waals surface area contributed by atoms with Gasteiger partial charge in [-0.3, -0.25) is 0 Å². The van der Waals surface area contributed by atoms with Gasteiger partial charge >= 0.3 is 0 Å². The number of benzene rings is 1. The zero-order chi connectivity index (χ0) is 15.2. The highest BCUT2D eigenvalue weighted by molar-refractivity contribution is 5.43. The van der Waals surface area contributed by atoms with Crippen LogP contribution >= 0.6 is 0 Å². The van der Waals surface area contributed by atoms with Gasteiger partial charge in [-0.1, -0.05) is 6.92 Å². The summed E-state index contributed by atoms with van der Waals surface area (Å²) in [5.74, 6) is 1.41. The summed E-state index contributed by atoms with van der Waals surface area (Å²) < 4.78 is 24.4. The molecule has 0 aromatic heterocycles. The summed E-state index contributed by atoms with van der Waals surface area (Å²) in [7, 11) is 3.09. The van der Waals surface area contributed by atoms with Crippen molar-refractivity contribution < 1.29 is 13.9 Å². The summed E-state index contributed by atoms with van der Waals surface area (Å²) in [6.45, 7) is 3.30. The number of hydrogen-bond donors (Lipinski definition) is 1. The molecule has 1 aromatic carbocycles. The van der Waals surface area contributed by atoms with E-state index in [1.165, 1.54) is 26.0 Å². The first-order valence-electron chi connectivity index (χ1n) is 7.77. The minimum atomic E-state index is -0.212. The van der Waals surface area contributed by atoms with Crippen molar-refractivity contribution in [1.82, 2.24) is 5.32 Å². The number of methoxy groups -OCH3 is 2. The molecule has 0 heterocycles. The van der Waals surface area contributed by atoms with Crippen LogP contribution in [0.1, 0.15) is 38.2 Å². The molecule has 21 heavy (non-hydrogen) atoms. The van der Waals surface area contributed by atoms with E-state index in [2.05, 4.69) is 12.2 Å². The molecule has 2 rings (SSSR count). The highest BCUT2D eigenvalue weighted by atomic mass is 19.1. The van der Waals surface area contributed by atoms with Crippen LogP contribution in [0.4, 0.5) is 4.39 Å². The predicted octanol–water partition coefficient (Wildman–Crippen LogP) is 3.55. The molecule has 0 spiro atoms. The van der Waals surface area contributed by atoms with Gasteiger partial charge in [-0.2, -0.15) is 0 Å². The summed E-state index contributed by atoms with van der Waals surface area (Å²) in [5, 5.41) is 3.52. The van der Waals surface area contributed by atoms with E-state index in [-0.39, 0.29) is 5.82 Å². The molecular weight excluding hydrogens is 269 g/mol. The van der Waals surface area contributed by atoms with Crippen LogP contribution in [-0.4, -0.2) is 26.8 Å². The zero-order valence-corrected chi connectivity index (χ0v) is 13.2. The normalized spacial score (nSPS) is 15.8. The van der Waals surface area contributed by atoms with Crippen molar-refractivity contribution in [1.29, 1.82) is 0 Å². The first-order valence-corrected chi connectivity index (χ1v) is 7.77. The van der Waals surface area contributed by atoms with Crippen molar-refractivity contribution in [2.24, 2.45) is 5.92 Å². The van der Waals surface area contributed by atoms with Crippen LogP contribution in [0.5, 0.6) is 11.5 Å². The van der Waals surface area contributed by atoms with Crippen LogP contribution in [0, 0.1) is 11.7 Å². The summed E-state index contributed by atoms with van der Waals surface area (Å²) in [6, 6.07) is 3.93. The lowest BCUT2D eigenvalue weighted by molar-refractivity contribution is 0.351. The Bertz CT molecular complexity index is 460. The molecule has 0 amide bonds. The second kappa shape index (κ2) is 7.64. The maximum absolute atomic E-state index is 14.0. The van der Waals surface area contributed by atoms with E-state index in [9.17, 15) is 4.39 Å². The monoisotopic (exact) mass is 295 g/mol. The van der Waals surface area contributed by atoms with Crippen LogP contribution in [0.3, 0.4) is 0 Å². The Morgan fingerprint density at radius 1 is 1.19 bits per heavy atom. The number of nitrogens with one attached hydrogen (secondary N) is 1. The molecular formula is C17H26FNO2. The highest BCUT2D eigenvalue weighted by Crippen LogP contribution is 2.30. The van der Waals surface area contributed by atoms with Crippen molar-refractivity contribution in [3.05, 3.63) is 23.5 Å². The highest BCUT2D eigenvalue weighted by Gasteiger charge is 2.20. The molecule has 1 aromatic rings. The molecule has 118 valence electrons. The van der Waals surface area contributed by atoms with Crippen molar-refractivity contribution in [2.45, 2.75) is 45.1 Å². The molecule has 3 nitrogen and oxygen atoms in total. The third kappa shape index (κ3) is 4.88. The van der Waals surface area contributed by atoms with Crippen LogP contribution in [0.15, 0.2) is 12.1 Å². The van der Waals surface area contributed by atoms with Gasteiger partial charge in [0.2, 0.25) is 0 Å². The predicted molar refractivity (Wildman–Crippen MR) is 82.6 cm³/mol. The van der Waals surface area contributed by atoms with Crippen molar-refractivity contribution in [3.8, 4) is 11.5 Å². The van der Waals surface area contributed by atoms with E-state index in [0.717, 1.165) is 31.8 Å². The first-order chi connectivity index (χ1) is 10.1. The largest absolute Gasteiger partial charge is 0.493 e. The van der Waals surface area contributed by atoms with Gasteiger partial charge in [-0.15, -0.1) is 0 Å². The van der Waals surface area contributed by atoms with Gasteiger partial charge in [-0.05, 0) is 56.2 Å². The van der Waals surface area contributed by atoms with Gasteiger partial charge in [0, 0.05) is 12.1 Å². The number of aryl methyl sites for hydroxylation is 1. The van der Waals surface area contributed by atoms with Gasteiger partial charge in [-0.25, -0.2) is 4.39 Å². The third-order valence-corrected chi connectivity index (χ3v) is 4.11. The lowest BCUT2D eigenvalue weighted by Gasteiger charge is -2.14. The van der Waals surface area contributed by atoms with Crippen molar-refractivity contribution in [2.75, 3.05) is 20.8 Å². The fourth-order valence-corrected chi connectivity index (χ4v) is 2.46. The van der Waals surface area contributed by atoms with Gasteiger partial charge in [0.25, 0.3) is 0 Å². The van der Waals surface area contributed by atoms with Gasteiger partial charge < -0.3 is 14.8 Å². The Kier molecular flexibility index (Phi) is 5.85. The van der Waals surface area contributed by atoms with E-state index in [4.69, 9.17) is 9.47 Å². The number of ether oxygens (including phenoxy) is 2. The Hall–Kier alpha value is -1.29. The van der Waals surface area contributed by atoms with Gasteiger partial charge in [0.1, 0.15) is 5.82 Å². The zero-order valence-electron chi connectivity index (χ0n) is 13.2. The van der Waals surface area contributed by atoms with E-state index >= 15 is 0 Å². The van der Waals surface area contributed by atoms with Crippen LogP contribution < -0.4 is 14.8 Å². The molecule has 0 radical (unpaired) electrons. The van der Waals surface area contributed by atoms with E-state index in [0.29, 0.717) is 23.0 Å². The average Bonchev–Trinajstić information content (AvgIpc) is 3.29. The second-order valence-electron chi connectivity index (χ2n) is 5.96. The summed E-state index contributed by atoms with van der Waals surface area (Å²) in [4.78, 5) is 0. The van der Waals surface area contributed by atoms with Gasteiger partial charge in [0.15, 0.2) is 11.5 Å². The Balaban J connectivity index is 1.83. The second-order valence-corrected chi connectivity index (χ2v) is 5.96. The molecule has 1 unspecified atom stereocenters. The maximum atomic E-state index is 14.0. The quantitative estimate of drug-likeness (QED) is 0.755. The van der Waals surface area contributed by atoms with Crippen LogP contribution in [0.25, 0.3) is 0 Å². The van der Waals surface area contributed by atoms with Crippen LogP contribution in [-0.2, 0) is 6.42 Å². The molecule has 1 aliphatic carbocycles. The fourth-order valence-electron chi connectivity index (χ4n) is 2.46. The summed E-state index contributed by atoms with van der Waals surface area (Å²) in [5.41, 5.74) is 0.703.